The lowest BCUT2D eigenvalue weighted by Crippen LogP contribution is -2.09. The smallest absolute Gasteiger partial charge is 0.126 e. The molecule has 2 aromatic carbocycles. The Hall–Kier alpha value is -1.90. The molecule has 0 aliphatic carbocycles. The molecule has 0 amide bonds. The zero-order chi connectivity index (χ0) is 14.5. The van der Waals surface area contributed by atoms with Crippen LogP contribution in [-0.4, -0.2) is 0 Å². The Kier molecular flexibility index (Phi) is 4.72. The van der Waals surface area contributed by atoms with Gasteiger partial charge < -0.3 is 5.32 Å². The molecule has 0 heterocycles. The van der Waals surface area contributed by atoms with Gasteiger partial charge in [-0.1, -0.05) is 31.5 Å². The van der Waals surface area contributed by atoms with Crippen molar-refractivity contribution in [3.05, 3.63) is 65.2 Å². The van der Waals surface area contributed by atoms with E-state index in [2.05, 4.69) is 18.3 Å². The van der Waals surface area contributed by atoms with Gasteiger partial charge in [-0.15, -0.1) is 0 Å². The molecular formula is C17H19F2N. The molecule has 0 bridgehead atoms. The summed E-state index contributed by atoms with van der Waals surface area (Å²) in [7, 11) is 0. The van der Waals surface area contributed by atoms with E-state index in [1.807, 2.05) is 25.1 Å². The van der Waals surface area contributed by atoms with Crippen LogP contribution in [0.25, 0.3) is 0 Å². The quantitative estimate of drug-likeness (QED) is 0.801. The zero-order valence-corrected chi connectivity index (χ0v) is 11.8. The van der Waals surface area contributed by atoms with Crippen LogP contribution in [0, 0.1) is 11.6 Å². The molecule has 20 heavy (non-hydrogen) atoms. The molecule has 0 spiro atoms. The molecule has 0 aliphatic heterocycles. The number of benzene rings is 2. The Morgan fingerprint density at radius 3 is 2.35 bits per heavy atom. The third-order valence-electron chi connectivity index (χ3n) is 3.29. The first-order valence-corrected chi connectivity index (χ1v) is 6.90. The highest BCUT2D eigenvalue weighted by Crippen LogP contribution is 2.24. The van der Waals surface area contributed by atoms with Gasteiger partial charge in [0.05, 0.1) is 0 Å². The van der Waals surface area contributed by atoms with Crippen molar-refractivity contribution in [1.29, 1.82) is 0 Å². The van der Waals surface area contributed by atoms with Crippen LogP contribution in [0.2, 0.25) is 0 Å². The summed E-state index contributed by atoms with van der Waals surface area (Å²) in [5.41, 5.74) is 2.85. The summed E-state index contributed by atoms with van der Waals surface area (Å²) in [4.78, 5) is 0. The highest BCUT2D eigenvalue weighted by atomic mass is 19.1. The van der Waals surface area contributed by atoms with Gasteiger partial charge in [0.2, 0.25) is 0 Å². The van der Waals surface area contributed by atoms with E-state index in [4.69, 9.17) is 0 Å². The van der Waals surface area contributed by atoms with Gasteiger partial charge in [0, 0.05) is 17.8 Å². The second-order valence-electron chi connectivity index (χ2n) is 4.98. The topological polar surface area (TPSA) is 12.0 Å². The number of hydrogen-bond acceptors (Lipinski definition) is 1. The van der Waals surface area contributed by atoms with Crippen LogP contribution in [0.4, 0.5) is 14.5 Å². The largest absolute Gasteiger partial charge is 0.378 e. The molecule has 0 saturated carbocycles. The predicted octanol–water partition coefficient (Wildman–Crippen LogP) is 5.09. The average molecular weight is 275 g/mol. The first kappa shape index (κ1) is 14.5. The normalized spacial score (nSPS) is 12.2. The Morgan fingerprint density at radius 1 is 1.05 bits per heavy atom. The summed E-state index contributed by atoms with van der Waals surface area (Å²) in [6.07, 6.45) is 2.04. The van der Waals surface area contributed by atoms with Gasteiger partial charge in [-0.3, -0.25) is 0 Å². The van der Waals surface area contributed by atoms with E-state index in [1.54, 1.807) is 0 Å². The highest BCUT2D eigenvalue weighted by molar-refractivity contribution is 5.52. The Bertz CT molecular complexity index is 561. The van der Waals surface area contributed by atoms with E-state index < -0.39 is 11.6 Å². The number of rotatable bonds is 5. The van der Waals surface area contributed by atoms with Gasteiger partial charge >= 0.3 is 0 Å². The van der Waals surface area contributed by atoms with E-state index in [0.717, 1.165) is 24.6 Å². The maximum atomic E-state index is 13.3. The Labute approximate surface area is 118 Å². The minimum absolute atomic E-state index is 0.154. The average Bonchev–Trinajstić information content (AvgIpc) is 2.40. The fourth-order valence-corrected chi connectivity index (χ4v) is 2.29. The number of nitrogens with one attached hydrogen (secondary N) is 1. The fraction of sp³-hybridized carbons (Fsp3) is 0.294. The van der Waals surface area contributed by atoms with Crippen molar-refractivity contribution in [2.45, 2.75) is 32.7 Å². The van der Waals surface area contributed by atoms with Crippen LogP contribution in [0.5, 0.6) is 0 Å². The number of hydrogen-bond donors (Lipinski definition) is 1. The standard InChI is InChI=1S/C17H19F2N/c1-3-6-13-7-4-5-8-17(13)20-12(2)14-9-15(18)11-16(19)10-14/h4-5,7-12,20H,3,6H2,1-2H3. The molecule has 1 nitrogen and oxygen atoms in total. The van der Waals surface area contributed by atoms with Crippen LogP contribution in [0.15, 0.2) is 42.5 Å². The van der Waals surface area contributed by atoms with E-state index in [9.17, 15) is 8.78 Å². The van der Waals surface area contributed by atoms with Crippen LogP contribution in [-0.2, 0) is 6.42 Å². The van der Waals surface area contributed by atoms with E-state index >= 15 is 0 Å². The van der Waals surface area contributed by atoms with E-state index in [-0.39, 0.29) is 6.04 Å². The van der Waals surface area contributed by atoms with Crippen molar-refractivity contribution in [3.63, 3.8) is 0 Å². The van der Waals surface area contributed by atoms with E-state index in [1.165, 1.54) is 17.7 Å². The first-order valence-electron chi connectivity index (χ1n) is 6.90. The number of para-hydroxylation sites is 1. The van der Waals surface area contributed by atoms with Gasteiger partial charge in [0.15, 0.2) is 0 Å². The second kappa shape index (κ2) is 6.51. The highest BCUT2D eigenvalue weighted by Gasteiger charge is 2.10. The van der Waals surface area contributed by atoms with Crippen molar-refractivity contribution in [1.82, 2.24) is 0 Å². The van der Waals surface area contributed by atoms with Crippen molar-refractivity contribution in [2.75, 3.05) is 5.32 Å². The molecule has 1 atom stereocenters. The summed E-state index contributed by atoms with van der Waals surface area (Å²) in [6.45, 7) is 4.03. The lowest BCUT2D eigenvalue weighted by molar-refractivity contribution is 0.577. The second-order valence-corrected chi connectivity index (χ2v) is 4.98. The molecule has 0 aliphatic rings. The third kappa shape index (κ3) is 3.56. The molecule has 0 fully saturated rings. The van der Waals surface area contributed by atoms with Crippen molar-refractivity contribution < 1.29 is 8.78 Å². The van der Waals surface area contributed by atoms with Crippen LogP contribution < -0.4 is 5.32 Å². The van der Waals surface area contributed by atoms with Crippen LogP contribution >= 0.6 is 0 Å². The SMILES string of the molecule is CCCc1ccccc1NC(C)c1cc(F)cc(F)c1. The van der Waals surface area contributed by atoms with Crippen molar-refractivity contribution in [3.8, 4) is 0 Å². The molecule has 2 rings (SSSR count). The van der Waals surface area contributed by atoms with Gasteiger partial charge in [-0.05, 0) is 42.7 Å². The first-order chi connectivity index (χ1) is 9.60. The van der Waals surface area contributed by atoms with Gasteiger partial charge in [0.25, 0.3) is 0 Å². The van der Waals surface area contributed by atoms with Crippen molar-refractivity contribution in [2.24, 2.45) is 0 Å². The van der Waals surface area contributed by atoms with Crippen LogP contribution in [0.3, 0.4) is 0 Å². The molecule has 0 aromatic heterocycles. The van der Waals surface area contributed by atoms with Gasteiger partial charge in [0.1, 0.15) is 11.6 Å². The monoisotopic (exact) mass is 275 g/mol. The molecule has 2 aromatic rings. The summed E-state index contributed by atoms with van der Waals surface area (Å²) < 4.78 is 26.5. The molecule has 1 unspecified atom stereocenters. The Morgan fingerprint density at radius 2 is 1.70 bits per heavy atom. The molecular weight excluding hydrogens is 256 g/mol. The molecule has 0 radical (unpaired) electrons. The maximum Gasteiger partial charge on any atom is 0.126 e. The Balaban J connectivity index is 2.21. The zero-order valence-electron chi connectivity index (χ0n) is 11.8. The van der Waals surface area contributed by atoms with Gasteiger partial charge in [-0.25, -0.2) is 8.78 Å². The molecule has 3 heteroatoms. The van der Waals surface area contributed by atoms with Gasteiger partial charge in [-0.2, -0.15) is 0 Å². The summed E-state index contributed by atoms with van der Waals surface area (Å²) in [5.74, 6) is -1.09. The van der Waals surface area contributed by atoms with Crippen molar-refractivity contribution >= 4 is 5.69 Å². The molecule has 1 N–H and O–H groups in total. The minimum Gasteiger partial charge on any atom is -0.378 e. The van der Waals surface area contributed by atoms with E-state index in [0.29, 0.717) is 5.56 Å². The summed E-state index contributed by atoms with van der Waals surface area (Å²) in [5, 5.41) is 3.33. The minimum atomic E-state index is -0.546. The number of anilines is 1. The lowest BCUT2D eigenvalue weighted by atomic mass is 10.0. The number of halogens is 2. The molecule has 0 saturated heterocycles. The predicted molar refractivity (Wildman–Crippen MR) is 78.8 cm³/mol. The summed E-state index contributed by atoms with van der Waals surface area (Å²) in [6, 6.07) is 11.5. The number of aryl methyl sites for hydroxylation is 1. The maximum absolute atomic E-state index is 13.3. The van der Waals surface area contributed by atoms with Crippen LogP contribution in [0.1, 0.15) is 37.4 Å². The summed E-state index contributed by atoms with van der Waals surface area (Å²) >= 11 is 0. The molecule has 106 valence electrons. The third-order valence-corrected chi connectivity index (χ3v) is 3.29. The fourth-order valence-electron chi connectivity index (χ4n) is 2.29. The lowest BCUT2D eigenvalue weighted by Gasteiger charge is -2.18.